The smallest absolute Gasteiger partial charge is 0.137 e. The van der Waals surface area contributed by atoms with Crippen LogP contribution in [0.25, 0.3) is 0 Å². The molecule has 0 aromatic heterocycles. The summed E-state index contributed by atoms with van der Waals surface area (Å²) in [5, 5.41) is 9.31. The standard InChI is InChI=1S/C15H23NO3/c1-11(2)8-16-9-14(10-17)19-15(16)12-5-4-6-13(7-12)18-3/h4-7,11,14-15,17H,8-10H2,1-3H3. The van der Waals surface area contributed by atoms with Gasteiger partial charge in [-0.3, -0.25) is 4.90 Å². The van der Waals surface area contributed by atoms with Crippen LogP contribution in [0.2, 0.25) is 0 Å². The molecule has 0 spiro atoms. The van der Waals surface area contributed by atoms with Crippen molar-refractivity contribution in [1.82, 2.24) is 4.90 Å². The molecule has 1 N–H and O–H groups in total. The lowest BCUT2D eigenvalue weighted by Gasteiger charge is -2.24. The minimum absolute atomic E-state index is 0.0645. The average Bonchev–Trinajstić information content (AvgIpc) is 2.81. The van der Waals surface area contributed by atoms with Crippen LogP contribution in [0.15, 0.2) is 24.3 Å². The molecular formula is C15H23NO3. The second-order valence-electron chi connectivity index (χ2n) is 5.42. The van der Waals surface area contributed by atoms with Crippen LogP contribution in [0, 0.1) is 5.92 Å². The van der Waals surface area contributed by atoms with Crippen molar-refractivity contribution < 1.29 is 14.6 Å². The molecule has 0 saturated carbocycles. The quantitative estimate of drug-likeness (QED) is 0.884. The van der Waals surface area contributed by atoms with Crippen LogP contribution in [0.5, 0.6) is 5.75 Å². The summed E-state index contributed by atoms with van der Waals surface area (Å²) in [6.07, 6.45) is -0.190. The molecule has 0 bridgehead atoms. The maximum atomic E-state index is 9.31. The largest absolute Gasteiger partial charge is 0.497 e. The topological polar surface area (TPSA) is 41.9 Å². The Kier molecular flexibility index (Phi) is 4.80. The van der Waals surface area contributed by atoms with Gasteiger partial charge in [-0.25, -0.2) is 0 Å². The Labute approximate surface area is 114 Å². The zero-order valence-corrected chi connectivity index (χ0v) is 11.9. The zero-order chi connectivity index (χ0) is 13.8. The Bertz CT molecular complexity index is 408. The number of hydrogen-bond donors (Lipinski definition) is 1. The van der Waals surface area contributed by atoms with Gasteiger partial charge >= 0.3 is 0 Å². The van der Waals surface area contributed by atoms with E-state index in [2.05, 4.69) is 18.7 Å². The van der Waals surface area contributed by atoms with Gasteiger partial charge in [0.15, 0.2) is 0 Å². The van der Waals surface area contributed by atoms with Gasteiger partial charge in [-0.2, -0.15) is 0 Å². The summed E-state index contributed by atoms with van der Waals surface area (Å²) in [6, 6.07) is 7.93. The highest BCUT2D eigenvalue weighted by Crippen LogP contribution is 2.32. The predicted octanol–water partition coefficient (Wildman–Crippen LogP) is 2.04. The van der Waals surface area contributed by atoms with Gasteiger partial charge in [0.1, 0.15) is 12.0 Å². The number of aliphatic hydroxyl groups excluding tert-OH is 1. The molecule has 2 rings (SSSR count). The molecule has 19 heavy (non-hydrogen) atoms. The van der Waals surface area contributed by atoms with Crippen molar-refractivity contribution in [3.8, 4) is 5.75 Å². The average molecular weight is 265 g/mol. The van der Waals surface area contributed by atoms with Crippen LogP contribution in [0.3, 0.4) is 0 Å². The fraction of sp³-hybridized carbons (Fsp3) is 0.600. The van der Waals surface area contributed by atoms with Gasteiger partial charge in [-0.05, 0) is 23.6 Å². The fourth-order valence-corrected chi connectivity index (χ4v) is 2.49. The van der Waals surface area contributed by atoms with E-state index >= 15 is 0 Å². The normalized spacial score (nSPS) is 24.1. The molecule has 1 aliphatic rings. The first-order valence-electron chi connectivity index (χ1n) is 6.78. The van der Waals surface area contributed by atoms with Crippen LogP contribution in [0.1, 0.15) is 25.6 Å². The molecule has 1 fully saturated rings. The first kappa shape index (κ1) is 14.3. The fourth-order valence-electron chi connectivity index (χ4n) is 2.49. The molecule has 1 aromatic carbocycles. The lowest BCUT2D eigenvalue weighted by molar-refractivity contribution is -0.0219. The summed E-state index contributed by atoms with van der Waals surface area (Å²) >= 11 is 0. The van der Waals surface area contributed by atoms with Crippen molar-refractivity contribution in [3.05, 3.63) is 29.8 Å². The Morgan fingerprint density at radius 1 is 1.47 bits per heavy atom. The molecule has 1 aromatic rings. The predicted molar refractivity (Wildman–Crippen MR) is 74.1 cm³/mol. The van der Waals surface area contributed by atoms with E-state index in [4.69, 9.17) is 9.47 Å². The highest BCUT2D eigenvalue weighted by molar-refractivity contribution is 5.30. The number of benzene rings is 1. The molecule has 1 aliphatic heterocycles. The molecule has 2 atom stereocenters. The number of nitrogens with zero attached hydrogens (tertiary/aromatic N) is 1. The summed E-state index contributed by atoms with van der Waals surface area (Å²) in [7, 11) is 1.66. The molecule has 4 nitrogen and oxygen atoms in total. The van der Waals surface area contributed by atoms with E-state index in [0.29, 0.717) is 5.92 Å². The van der Waals surface area contributed by atoms with Gasteiger partial charge in [-0.15, -0.1) is 0 Å². The van der Waals surface area contributed by atoms with Crippen LogP contribution >= 0.6 is 0 Å². The van der Waals surface area contributed by atoms with Crippen molar-refractivity contribution in [2.24, 2.45) is 5.92 Å². The van der Waals surface area contributed by atoms with Crippen LogP contribution in [-0.2, 0) is 4.74 Å². The molecule has 106 valence electrons. The van der Waals surface area contributed by atoms with Crippen LogP contribution in [-0.4, -0.2) is 42.9 Å². The maximum absolute atomic E-state index is 9.31. The summed E-state index contributed by atoms with van der Waals surface area (Å²) in [5.41, 5.74) is 1.08. The van der Waals surface area contributed by atoms with Gasteiger partial charge in [-0.1, -0.05) is 26.0 Å². The van der Waals surface area contributed by atoms with E-state index in [0.717, 1.165) is 24.4 Å². The Morgan fingerprint density at radius 3 is 2.89 bits per heavy atom. The van der Waals surface area contributed by atoms with E-state index in [1.807, 2.05) is 24.3 Å². The number of methoxy groups -OCH3 is 1. The lowest BCUT2D eigenvalue weighted by Crippen LogP contribution is -2.29. The van der Waals surface area contributed by atoms with Crippen molar-refractivity contribution in [3.63, 3.8) is 0 Å². The highest BCUT2D eigenvalue weighted by atomic mass is 16.5. The summed E-state index contributed by atoms with van der Waals surface area (Å²) in [4.78, 5) is 2.28. The number of rotatable bonds is 5. The first-order valence-corrected chi connectivity index (χ1v) is 6.78. The highest BCUT2D eigenvalue weighted by Gasteiger charge is 2.33. The number of ether oxygens (including phenoxy) is 2. The monoisotopic (exact) mass is 265 g/mol. The van der Waals surface area contributed by atoms with Crippen molar-refractivity contribution in [2.45, 2.75) is 26.2 Å². The van der Waals surface area contributed by atoms with Crippen molar-refractivity contribution in [1.29, 1.82) is 0 Å². The molecule has 0 radical (unpaired) electrons. The molecular weight excluding hydrogens is 242 g/mol. The van der Waals surface area contributed by atoms with Gasteiger partial charge in [0.25, 0.3) is 0 Å². The number of aliphatic hydroxyl groups is 1. The molecule has 0 aliphatic carbocycles. The lowest BCUT2D eigenvalue weighted by atomic mass is 10.1. The third kappa shape index (κ3) is 3.47. The third-order valence-electron chi connectivity index (χ3n) is 3.27. The Morgan fingerprint density at radius 2 is 2.26 bits per heavy atom. The van der Waals surface area contributed by atoms with E-state index < -0.39 is 0 Å². The van der Waals surface area contributed by atoms with Crippen LogP contribution < -0.4 is 4.74 Å². The van der Waals surface area contributed by atoms with E-state index in [1.54, 1.807) is 7.11 Å². The number of hydrogen-bond acceptors (Lipinski definition) is 4. The van der Waals surface area contributed by atoms with E-state index in [-0.39, 0.29) is 18.9 Å². The van der Waals surface area contributed by atoms with Gasteiger partial charge in [0.05, 0.1) is 19.8 Å². The molecule has 0 amide bonds. The second-order valence-corrected chi connectivity index (χ2v) is 5.42. The van der Waals surface area contributed by atoms with E-state index in [9.17, 15) is 5.11 Å². The zero-order valence-electron chi connectivity index (χ0n) is 11.9. The van der Waals surface area contributed by atoms with Crippen LogP contribution in [0.4, 0.5) is 0 Å². The van der Waals surface area contributed by atoms with E-state index in [1.165, 1.54) is 0 Å². The minimum Gasteiger partial charge on any atom is -0.497 e. The SMILES string of the molecule is COc1cccc(C2OC(CO)CN2CC(C)C)c1. The minimum atomic E-state index is -0.102. The van der Waals surface area contributed by atoms with Gasteiger partial charge < -0.3 is 14.6 Å². The van der Waals surface area contributed by atoms with Gasteiger partial charge in [0.2, 0.25) is 0 Å². The molecule has 1 heterocycles. The Hall–Kier alpha value is -1.10. The first-order chi connectivity index (χ1) is 9.13. The molecule has 2 unspecified atom stereocenters. The summed E-state index contributed by atoms with van der Waals surface area (Å²) in [6.45, 7) is 6.17. The third-order valence-corrected chi connectivity index (χ3v) is 3.27. The maximum Gasteiger partial charge on any atom is 0.137 e. The molecule has 1 saturated heterocycles. The second kappa shape index (κ2) is 6.37. The summed E-state index contributed by atoms with van der Waals surface area (Å²) < 4.78 is 11.2. The van der Waals surface area contributed by atoms with Gasteiger partial charge in [0, 0.05) is 13.1 Å². The molecule has 4 heteroatoms. The van der Waals surface area contributed by atoms with Crippen molar-refractivity contribution in [2.75, 3.05) is 26.8 Å². The summed E-state index contributed by atoms with van der Waals surface area (Å²) in [5.74, 6) is 1.40. The Balaban J connectivity index is 2.18. The van der Waals surface area contributed by atoms with Crippen molar-refractivity contribution >= 4 is 0 Å².